The molecule has 1 N–H and O–H groups in total. The third-order valence-corrected chi connectivity index (χ3v) is 7.78. The SMILES string of the molecule is CC(C)(C)N1CCC(O)(Cn2cnc3c(ccn3COCC[Si](C)(C)C)c2=O)CC1. The van der Waals surface area contributed by atoms with Crippen molar-refractivity contribution < 1.29 is 9.84 Å². The van der Waals surface area contributed by atoms with Gasteiger partial charge in [-0.2, -0.15) is 0 Å². The van der Waals surface area contributed by atoms with Crippen LogP contribution >= 0.6 is 0 Å². The number of fused-ring (bicyclic) bond motifs is 1. The molecule has 0 amide bonds. The highest BCUT2D eigenvalue weighted by molar-refractivity contribution is 6.76. The van der Waals surface area contributed by atoms with Crippen molar-refractivity contribution in [2.75, 3.05) is 19.7 Å². The van der Waals surface area contributed by atoms with E-state index >= 15 is 0 Å². The molecule has 0 atom stereocenters. The molecule has 3 rings (SSSR count). The fraction of sp³-hybridized carbons (Fsp3) is 0.727. The normalized spacial score (nSPS) is 18.2. The Hall–Kier alpha value is -1.48. The smallest absolute Gasteiger partial charge is 0.262 e. The number of nitrogens with zero attached hydrogens (tertiary/aromatic N) is 4. The monoisotopic (exact) mass is 434 g/mol. The van der Waals surface area contributed by atoms with Gasteiger partial charge in [-0.1, -0.05) is 19.6 Å². The van der Waals surface area contributed by atoms with E-state index in [1.807, 2.05) is 10.8 Å². The second-order valence-electron chi connectivity index (χ2n) is 10.9. The molecule has 0 radical (unpaired) electrons. The van der Waals surface area contributed by atoms with E-state index in [0.717, 1.165) is 25.7 Å². The fourth-order valence-electron chi connectivity index (χ4n) is 3.93. The molecule has 8 heteroatoms. The summed E-state index contributed by atoms with van der Waals surface area (Å²) in [5.41, 5.74) is -0.242. The minimum atomic E-state index is -1.12. The minimum Gasteiger partial charge on any atom is -0.388 e. The Morgan fingerprint density at radius 2 is 1.87 bits per heavy atom. The van der Waals surface area contributed by atoms with Crippen molar-refractivity contribution in [3.05, 3.63) is 28.9 Å². The third kappa shape index (κ3) is 5.60. The average molecular weight is 435 g/mol. The molecule has 0 saturated carbocycles. The lowest BCUT2D eigenvalue weighted by atomic mass is 9.88. The third-order valence-electron chi connectivity index (χ3n) is 6.08. The van der Waals surface area contributed by atoms with E-state index in [-0.39, 0.29) is 17.6 Å². The molecule has 1 aliphatic heterocycles. The molecule has 0 aliphatic carbocycles. The van der Waals surface area contributed by atoms with Gasteiger partial charge in [-0.05, 0) is 45.7 Å². The summed E-state index contributed by atoms with van der Waals surface area (Å²) >= 11 is 0. The summed E-state index contributed by atoms with van der Waals surface area (Å²) < 4.78 is 9.25. The molecule has 0 spiro atoms. The van der Waals surface area contributed by atoms with Crippen molar-refractivity contribution in [2.24, 2.45) is 0 Å². The maximum Gasteiger partial charge on any atom is 0.262 e. The van der Waals surface area contributed by atoms with Crippen LogP contribution in [0, 0.1) is 0 Å². The summed E-state index contributed by atoms with van der Waals surface area (Å²) in [4.78, 5) is 19.9. The molecule has 0 bridgehead atoms. The first kappa shape index (κ1) is 23.2. The number of aromatic nitrogens is 3. The summed E-state index contributed by atoms with van der Waals surface area (Å²) in [5, 5.41) is 11.7. The number of hydrogen-bond donors (Lipinski definition) is 1. The molecular formula is C22H38N4O3Si. The molecule has 30 heavy (non-hydrogen) atoms. The average Bonchev–Trinajstić information content (AvgIpc) is 3.04. The van der Waals surface area contributed by atoms with E-state index in [9.17, 15) is 9.90 Å². The summed E-state index contributed by atoms with van der Waals surface area (Å²) in [7, 11) is -1.12. The second kappa shape index (κ2) is 8.57. The van der Waals surface area contributed by atoms with E-state index in [1.165, 1.54) is 0 Å². The lowest BCUT2D eigenvalue weighted by Gasteiger charge is -2.44. The number of aliphatic hydroxyl groups is 1. The van der Waals surface area contributed by atoms with Crippen LogP contribution in [0.5, 0.6) is 0 Å². The molecule has 0 unspecified atom stereocenters. The summed E-state index contributed by atoms with van der Waals surface area (Å²) in [6.07, 6.45) is 4.73. The van der Waals surface area contributed by atoms with Gasteiger partial charge in [0.25, 0.3) is 5.56 Å². The van der Waals surface area contributed by atoms with E-state index in [0.29, 0.717) is 30.6 Å². The Morgan fingerprint density at radius 3 is 2.47 bits per heavy atom. The second-order valence-corrected chi connectivity index (χ2v) is 16.6. The Kier molecular flexibility index (Phi) is 6.62. The van der Waals surface area contributed by atoms with E-state index in [2.05, 4.69) is 50.3 Å². The van der Waals surface area contributed by atoms with Gasteiger partial charge in [0.1, 0.15) is 18.7 Å². The van der Waals surface area contributed by atoms with Crippen molar-refractivity contribution in [1.82, 2.24) is 19.0 Å². The summed E-state index contributed by atoms with van der Waals surface area (Å²) in [6.45, 7) is 16.6. The molecule has 1 fully saturated rings. The first-order valence-electron chi connectivity index (χ1n) is 11.0. The van der Waals surface area contributed by atoms with Gasteiger partial charge in [-0.15, -0.1) is 0 Å². The first-order chi connectivity index (χ1) is 13.9. The highest BCUT2D eigenvalue weighted by Crippen LogP contribution is 2.28. The zero-order chi connectivity index (χ0) is 22.2. The molecule has 2 aromatic heterocycles. The van der Waals surface area contributed by atoms with Gasteiger partial charge in [0.05, 0.1) is 17.5 Å². The first-order valence-corrected chi connectivity index (χ1v) is 14.7. The van der Waals surface area contributed by atoms with Gasteiger partial charge in [-0.3, -0.25) is 14.3 Å². The molecule has 2 aromatic rings. The van der Waals surface area contributed by atoms with Crippen LogP contribution in [0.2, 0.25) is 25.7 Å². The predicted molar refractivity (Wildman–Crippen MR) is 124 cm³/mol. The topological polar surface area (TPSA) is 72.5 Å². The predicted octanol–water partition coefficient (Wildman–Crippen LogP) is 3.14. The van der Waals surface area contributed by atoms with E-state index in [4.69, 9.17) is 4.74 Å². The highest BCUT2D eigenvalue weighted by Gasteiger charge is 2.36. The van der Waals surface area contributed by atoms with Crippen LogP contribution in [-0.2, 0) is 18.0 Å². The molecule has 1 aliphatic rings. The van der Waals surface area contributed by atoms with Gasteiger partial charge >= 0.3 is 0 Å². The number of rotatable bonds is 7. The molecule has 0 aromatic carbocycles. The maximum atomic E-state index is 13.0. The van der Waals surface area contributed by atoms with Gasteiger partial charge in [0.15, 0.2) is 0 Å². The van der Waals surface area contributed by atoms with Crippen molar-refractivity contribution >= 4 is 19.1 Å². The van der Waals surface area contributed by atoms with Crippen molar-refractivity contribution in [3.63, 3.8) is 0 Å². The number of hydrogen-bond acceptors (Lipinski definition) is 5. The molecule has 3 heterocycles. The Labute approximate surface area is 180 Å². The van der Waals surface area contributed by atoms with Gasteiger partial charge < -0.3 is 14.4 Å². The number of piperidine rings is 1. The Bertz CT molecular complexity index is 915. The minimum absolute atomic E-state index is 0.0959. The van der Waals surface area contributed by atoms with Crippen LogP contribution in [0.3, 0.4) is 0 Å². The maximum absolute atomic E-state index is 13.0. The van der Waals surface area contributed by atoms with Gasteiger partial charge in [0, 0.05) is 39.5 Å². The highest BCUT2D eigenvalue weighted by atomic mass is 28.3. The van der Waals surface area contributed by atoms with Crippen LogP contribution in [0.15, 0.2) is 23.4 Å². The largest absolute Gasteiger partial charge is 0.388 e. The molecule has 168 valence electrons. The van der Waals surface area contributed by atoms with E-state index in [1.54, 1.807) is 17.0 Å². The Balaban J connectivity index is 1.67. The lowest BCUT2D eigenvalue weighted by Crippen LogP contribution is -2.53. The zero-order valence-corrected chi connectivity index (χ0v) is 20.4. The van der Waals surface area contributed by atoms with Crippen LogP contribution < -0.4 is 5.56 Å². The van der Waals surface area contributed by atoms with Crippen molar-refractivity contribution in [2.45, 2.75) is 83.7 Å². The summed E-state index contributed by atoms with van der Waals surface area (Å²) in [5.74, 6) is 0. The fourth-order valence-corrected chi connectivity index (χ4v) is 4.69. The lowest BCUT2D eigenvalue weighted by molar-refractivity contribution is -0.0528. The molecule has 1 saturated heterocycles. The van der Waals surface area contributed by atoms with Crippen LogP contribution in [0.1, 0.15) is 33.6 Å². The van der Waals surface area contributed by atoms with Gasteiger partial charge in [0.2, 0.25) is 0 Å². The van der Waals surface area contributed by atoms with Crippen LogP contribution in [0.4, 0.5) is 0 Å². The van der Waals surface area contributed by atoms with Gasteiger partial charge in [-0.25, -0.2) is 4.98 Å². The summed E-state index contributed by atoms with van der Waals surface area (Å²) in [6, 6.07) is 2.91. The quantitative estimate of drug-likeness (QED) is 0.535. The number of ether oxygens (including phenoxy) is 1. The van der Waals surface area contributed by atoms with Crippen molar-refractivity contribution in [1.29, 1.82) is 0 Å². The van der Waals surface area contributed by atoms with E-state index < -0.39 is 13.7 Å². The Morgan fingerprint density at radius 1 is 1.20 bits per heavy atom. The van der Waals surface area contributed by atoms with Crippen LogP contribution in [0.25, 0.3) is 11.0 Å². The molecule has 7 nitrogen and oxygen atoms in total. The van der Waals surface area contributed by atoms with Crippen molar-refractivity contribution in [3.8, 4) is 0 Å². The zero-order valence-electron chi connectivity index (χ0n) is 19.4. The van der Waals surface area contributed by atoms with Crippen LogP contribution in [-0.4, -0.2) is 63.0 Å². The number of likely N-dealkylation sites (tertiary alicyclic amines) is 1. The standard InChI is InChI=1S/C22H38N4O3Si/c1-21(2,3)26-11-8-22(28,9-12-26)15-25-16-23-19-18(20(25)27)7-10-24(19)17-29-13-14-30(4,5)6/h7,10,16,28H,8-9,11-15,17H2,1-6H3. The molecular weight excluding hydrogens is 396 g/mol.